The molecule has 0 bridgehead atoms. The standard InChI is InChI=1S/C12H14ClN/c13-10-3-1-8(2-4-10)11-5-9-6-14-7-12(9)11/h1-4,9,11-12,14H,5-7H2/t9-,11+,12+/m0/s1. The van der Waals surface area contributed by atoms with Crippen molar-refractivity contribution in [2.75, 3.05) is 13.1 Å². The third-order valence-corrected chi connectivity index (χ3v) is 4.02. The zero-order valence-electron chi connectivity index (χ0n) is 8.04. The summed E-state index contributed by atoms with van der Waals surface area (Å²) in [6, 6.07) is 8.38. The molecule has 3 rings (SSSR count). The molecule has 2 heteroatoms. The zero-order chi connectivity index (χ0) is 9.54. The van der Waals surface area contributed by atoms with Gasteiger partial charge in [-0.3, -0.25) is 0 Å². The molecule has 1 saturated carbocycles. The molecule has 1 N–H and O–H groups in total. The Labute approximate surface area is 89.5 Å². The molecule has 1 aliphatic heterocycles. The van der Waals surface area contributed by atoms with Crippen LogP contribution in [0.3, 0.4) is 0 Å². The van der Waals surface area contributed by atoms with Crippen LogP contribution in [0.4, 0.5) is 0 Å². The maximum atomic E-state index is 5.88. The van der Waals surface area contributed by atoms with Crippen LogP contribution < -0.4 is 5.32 Å². The van der Waals surface area contributed by atoms with Crippen molar-refractivity contribution >= 4 is 11.6 Å². The van der Waals surface area contributed by atoms with Crippen molar-refractivity contribution in [3.8, 4) is 0 Å². The Morgan fingerprint density at radius 1 is 1.14 bits per heavy atom. The first kappa shape index (κ1) is 8.75. The maximum absolute atomic E-state index is 5.88. The highest BCUT2D eigenvalue weighted by atomic mass is 35.5. The molecule has 1 aromatic carbocycles. The van der Waals surface area contributed by atoms with Crippen molar-refractivity contribution in [1.29, 1.82) is 0 Å². The molecule has 0 spiro atoms. The van der Waals surface area contributed by atoms with E-state index >= 15 is 0 Å². The molecular weight excluding hydrogens is 194 g/mol. The minimum atomic E-state index is 0.785. The van der Waals surface area contributed by atoms with Crippen molar-refractivity contribution < 1.29 is 0 Å². The first-order valence-corrected chi connectivity index (χ1v) is 5.68. The molecule has 1 aliphatic carbocycles. The summed E-state index contributed by atoms with van der Waals surface area (Å²) in [5.41, 5.74) is 1.47. The summed E-state index contributed by atoms with van der Waals surface area (Å²) in [7, 11) is 0. The fourth-order valence-corrected chi connectivity index (χ4v) is 3.01. The van der Waals surface area contributed by atoms with E-state index in [9.17, 15) is 0 Å². The number of hydrogen-bond donors (Lipinski definition) is 1. The van der Waals surface area contributed by atoms with Crippen LogP contribution in [0.5, 0.6) is 0 Å². The lowest BCUT2D eigenvalue weighted by molar-refractivity contribution is 0.191. The van der Waals surface area contributed by atoms with Crippen LogP contribution in [0.2, 0.25) is 5.02 Å². The molecule has 0 amide bonds. The Balaban J connectivity index is 1.80. The van der Waals surface area contributed by atoms with E-state index in [1.807, 2.05) is 12.1 Å². The Bertz CT molecular complexity index is 333. The Morgan fingerprint density at radius 3 is 2.64 bits per heavy atom. The van der Waals surface area contributed by atoms with Crippen LogP contribution >= 0.6 is 11.6 Å². The summed E-state index contributed by atoms with van der Waals surface area (Å²) in [4.78, 5) is 0. The van der Waals surface area contributed by atoms with Crippen molar-refractivity contribution in [2.45, 2.75) is 12.3 Å². The van der Waals surface area contributed by atoms with Gasteiger partial charge in [-0.1, -0.05) is 23.7 Å². The highest BCUT2D eigenvalue weighted by Crippen LogP contribution is 2.48. The lowest BCUT2D eigenvalue weighted by atomic mass is 9.64. The number of benzene rings is 1. The number of fused-ring (bicyclic) bond motifs is 1. The Hall–Kier alpha value is -0.530. The van der Waals surface area contributed by atoms with Gasteiger partial charge >= 0.3 is 0 Å². The minimum Gasteiger partial charge on any atom is -0.316 e. The van der Waals surface area contributed by atoms with E-state index in [4.69, 9.17) is 11.6 Å². The average Bonchev–Trinajstić information content (AvgIpc) is 2.52. The Kier molecular flexibility index (Phi) is 2.03. The fourth-order valence-electron chi connectivity index (χ4n) is 2.88. The van der Waals surface area contributed by atoms with E-state index in [0.717, 1.165) is 22.8 Å². The van der Waals surface area contributed by atoms with Crippen LogP contribution in [-0.2, 0) is 0 Å². The second-order valence-corrected chi connectivity index (χ2v) is 4.91. The molecule has 0 aromatic heterocycles. The minimum absolute atomic E-state index is 0.785. The smallest absolute Gasteiger partial charge is 0.0406 e. The third-order valence-electron chi connectivity index (χ3n) is 3.76. The van der Waals surface area contributed by atoms with E-state index in [0.29, 0.717) is 0 Å². The lowest BCUT2D eigenvalue weighted by Crippen LogP contribution is -2.33. The van der Waals surface area contributed by atoms with Gasteiger partial charge in [0, 0.05) is 5.02 Å². The first-order valence-electron chi connectivity index (χ1n) is 5.31. The molecule has 1 aromatic rings. The van der Waals surface area contributed by atoms with Gasteiger partial charge in [-0.05, 0) is 55.0 Å². The molecule has 3 atom stereocenters. The molecule has 2 aliphatic rings. The van der Waals surface area contributed by atoms with Crippen LogP contribution in [-0.4, -0.2) is 13.1 Å². The first-order chi connectivity index (χ1) is 6.84. The number of hydrogen-bond acceptors (Lipinski definition) is 1. The lowest BCUT2D eigenvalue weighted by Gasteiger charge is -2.40. The summed E-state index contributed by atoms with van der Waals surface area (Å²) < 4.78 is 0. The van der Waals surface area contributed by atoms with E-state index in [1.54, 1.807) is 0 Å². The summed E-state index contributed by atoms with van der Waals surface area (Å²) in [6.07, 6.45) is 1.36. The molecule has 1 nitrogen and oxygen atoms in total. The van der Waals surface area contributed by atoms with Gasteiger partial charge in [0.15, 0.2) is 0 Å². The Morgan fingerprint density at radius 2 is 1.93 bits per heavy atom. The average molecular weight is 208 g/mol. The highest BCUT2D eigenvalue weighted by molar-refractivity contribution is 6.30. The van der Waals surface area contributed by atoms with Crippen molar-refractivity contribution in [1.82, 2.24) is 5.32 Å². The van der Waals surface area contributed by atoms with Gasteiger partial charge in [0.05, 0.1) is 0 Å². The quantitative estimate of drug-likeness (QED) is 0.747. The van der Waals surface area contributed by atoms with Crippen molar-refractivity contribution in [2.24, 2.45) is 11.8 Å². The molecule has 74 valence electrons. The van der Waals surface area contributed by atoms with Crippen LogP contribution in [0.25, 0.3) is 0 Å². The molecular formula is C12H14ClN. The van der Waals surface area contributed by atoms with Gasteiger partial charge in [0.25, 0.3) is 0 Å². The van der Waals surface area contributed by atoms with Crippen LogP contribution in [0.1, 0.15) is 17.9 Å². The van der Waals surface area contributed by atoms with Crippen molar-refractivity contribution in [3.05, 3.63) is 34.9 Å². The number of rotatable bonds is 1. The fraction of sp³-hybridized carbons (Fsp3) is 0.500. The van der Waals surface area contributed by atoms with Gasteiger partial charge in [0.2, 0.25) is 0 Å². The highest BCUT2D eigenvalue weighted by Gasteiger charge is 2.44. The molecule has 1 heterocycles. The van der Waals surface area contributed by atoms with E-state index in [1.165, 1.54) is 25.1 Å². The van der Waals surface area contributed by atoms with Crippen LogP contribution in [0.15, 0.2) is 24.3 Å². The molecule has 0 unspecified atom stereocenters. The van der Waals surface area contributed by atoms with Gasteiger partial charge in [0.1, 0.15) is 0 Å². The summed E-state index contributed by atoms with van der Waals surface area (Å²) >= 11 is 5.88. The van der Waals surface area contributed by atoms with Crippen molar-refractivity contribution in [3.63, 3.8) is 0 Å². The maximum Gasteiger partial charge on any atom is 0.0406 e. The van der Waals surface area contributed by atoms with E-state index < -0.39 is 0 Å². The summed E-state index contributed by atoms with van der Waals surface area (Å²) in [6.45, 7) is 2.44. The zero-order valence-corrected chi connectivity index (χ0v) is 8.80. The molecule has 14 heavy (non-hydrogen) atoms. The predicted octanol–water partition coefficient (Wildman–Crippen LogP) is 2.66. The second kappa shape index (κ2) is 3.25. The summed E-state index contributed by atoms with van der Waals surface area (Å²) in [5.74, 6) is 2.61. The van der Waals surface area contributed by atoms with Gasteiger partial charge in [-0.15, -0.1) is 0 Å². The summed E-state index contributed by atoms with van der Waals surface area (Å²) in [5, 5.41) is 4.31. The van der Waals surface area contributed by atoms with Gasteiger partial charge in [-0.2, -0.15) is 0 Å². The second-order valence-electron chi connectivity index (χ2n) is 4.48. The van der Waals surface area contributed by atoms with Gasteiger partial charge < -0.3 is 5.32 Å². The van der Waals surface area contributed by atoms with E-state index in [-0.39, 0.29) is 0 Å². The van der Waals surface area contributed by atoms with Gasteiger partial charge in [-0.25, -0.2) is 0 Å². The number of nitrogens with one attached hydrogen (secondary N) is 1. The van der Waals surface area contributed by atoms with Crippen LogP contribution in [0, 0.1) is 11.8 Å². The largest absolute Gasteiger partial charge is 0.316 e. The topological polar surface area (TPSA) is 12.0 Å². The normalized spacial score (nSPS) is 35.1. The molecule has 1 saturated heterocycles. The molecule has 0 radical (unpaired) electrons. The SMILES string of the molecule is Clc1ccc([C@H]2C[C@H]3CNC[C@H]32)cc1. The van der Waals surface area contributed by atoms with E-state index in [2.05, 4.69) is 17.4 Å². The number of halogens is 1. The molecule has 2 fully saturated rings. The monoisotopic (exact) mass is 207 g/mol. The predicted molar refractivity (Wildman–Crippen MR) is 58.7 cm³/mol. The third kappa shape index (κ3) is 1.27.